The molecule has 6 nitrogen and oxygen atoms in total. The third kappa shape index (κ3) is 6.24. The molecule has 1 aliphatic heterocycles. The van der Waals surface area contributed by atoms with Gasteiger partial charge in [-0.1, -0.05) is 45.7 Å². The summed E-state index contributed by atoms with van der Waals surface area (Å²) in [7, 11) is -3.49. The van der Waals surface area contributed by atoms with Gasteiger partial charge in [-0.15, -0.1) is 0 Å². The number of benzene rings is 2. The van der Waals surface area contributed by atoms with E-state index in [1.807, 2.05) is 18.2 Å². The van der Waals surface area contributed by atoms with E-state index in [0.717, 1.165) is 10.0 Å². The minimum atomic E-state index is -3.49. The lowest BCUT2D eigenvalue weighted by Gasteiger charge is -2.34. The van der Waals surface area contributed by atoms with Gasteiger partial charge in [0.25, 0.3) is 0 Å². The quantitative estimate of drug-likeness (QED) is 0.600. The first-order valence-electron chi connectivity index (χ1n) is 9.33. The maximum absolute atomic E-state index is 12.7. The molecule has 0 radical (unpaired) electrons. The van der Waals surface area contributed by atoms with Crippen molar-refractivity contribution in [2.75, 3.05) is 39.3 Å². The second-order valence-electron chi connectivity index (χ2n) is 6.92. The van der Waals surface area contributed by atoms with E-state index in [1.54, 1.807) is 30.3 Å². The molecule has 1 aliphatic rings. The first-order chi connectivity index (χ1) is 13.9. The Morgan fingerprint density at radius 1 is 1.07 bits per heavy atom. The molecule has 9 heteroatoms. The number of hydrogen-bond donors (Lipinski definition) is 1. The van der Waals surface area contributed by atoms with Crippen LogP contribution in [0.15, 0.2) is 57.9 Å². The Morgan fingerprint density at radius 2 is 1.72 bits per heavy atom. The molecule has 0 spiro atoms. The van der Waals surface area contributed by atoms with E-state index in [2.05, 4.69) is 20.8 Å². The fourth-order valence-electron chi connectivity index (χ4n) is 3.18. The summed E-state index contributed by atoms with van der Waals surface area (Å²) < 4.78 is 33.4. The van der Waals surface area contributed by atoms with Gasteiger partial charge in [-0.3, -0.25) is 4.90 Å². The molecular weight excluding hydrogens is 480 g/mol. The predicted octanol–water partition coefficient (Wildman–Crippen LogP) is 2.99. The highest BCUT2D eigenvalue weighted by molar-refractivity contribution is 9.10. The minimum Gasteiger partial charge on any atom is -0.389 e. The van der Waals surface area contributed by atoms with Gasteiger partial charge in [0.1, 0.15) is 0 Å². The maximum Gasteiger partial charge on any atom is 0.243 e. The highest BCUT2D eigenvalue weighted by Crippen LogP contribution is 2.20. The summed E-state index contributed by atoms with van der Waals surface area (Å²) in [5.41, 5.74) is 0.883. The van der Waals surface area contributed by atoms with Crippen molar-refractivity contribution in [2.24, 2.45) is 0 Å². The molecule has 1 heterocycles. The third-order valence-electron chi connectivity index (χ3n) is 4.78. The first kappa shape index (κ1) is 22.7. The minimum absolute atomic E-state index is 0.197. The number of nitrogens with zero attached hydrogens (tertiary/aromatic N) is 2. The van der Waals surface area contributed by atoms with Crippen molar-refractivity contribution in [1.29, 1.82) is 0 Å². The molecule has 0 bridgehead atoms. The van der Waals surface area contributed by atoms with Crippen LogP contribution in [0.5, 0.6) is 0 Å². The van der Waals surface area contributed by atoms with Crippen LogP contribution < -0.4 is 0 Å². The van der Waals surface area contributed by atoms with Crippen molar-refractivity contribution in [3.63, 3.8) is 0 Å². The van der Waals surface area contributed by atoms with Crippen LogP contribution in [0.4, 0.5) is 0 Å². The Morgan fingerprint density at radius 3 is 2.38 bits per heavy atom. The normalized spacial score (nSPS) is 17.3. The monoisotopic (exact) mass is 502 g/mol. The van der Waals surface area contributed by atoms with Crippen molar-refractivity contribution >= 4 is 37.6 Å². The van der Waals surface area contributed by atoms with E-state index in [0.29, 0.717) is 49.2 Å². The molecule has 0 aliphatic carbocycles. The molecule has 0 aromatic heterocycles. The molecular formula is C20H24BrClN2O4S. The molecule has 0 unspecified atom stereocenters. The van der Waals surface area contributed by atoms with E-state index in [1.165, 1.54) is 4.31 Å². The first-order valence-corrected chi connectivity index (χ1v) is 11.9. The Bertz CT molecular complexity index is 903. The zero-order valence-electron chi connectivity index (χ0n) is 15.9. The average Bonchev–Trinajstić information content (AvgIpc) is 2.70. The van der Waals surface area contributed by atoms with Crippen LogP contribution in [0.1, 0.15) is 5.56 Å². The van der Waals surface area contributed by atoms with Gasteiger partial charge < -0.3 is 9.84 Å². The number of hydrogen-bond acceptors (Lipinski definition) is 5. The fraction of sp³-hybridized carbons (Fsp3) is 0.400. The number of rotatable bonds is 8. The Labute approximate surface area is 185 Å². The maximum atomic E-state index is 12.7. The molecule has 1 saturated heterocycles. The van der Waals surface area contributed by atoms with Crippen LogP contribution in [0.3, 0.4) is 0 Å². The molecule has 0 amide bonds. The lowest BCUT2D eigenvalue weighted by molar-refractivity contribution is 0.00541. The summed E-state index contributed by atoms with van der Waals surface area (Å²) in [6.07, 6.45) is -0.646. The largest absolute Gasteiger partial charge is 0.389 e. The van der Waals surface area contributed by atoms with Crippen LogP contribution in [0, 0.1) is 0 Å². The van der Waals surface area contributed by atoms with Crippen molar-refractivity contribution < 1.29 is 18.3 Å². The van der Waals surface area contributed by atoms with Gasteiger partial charge in [0.05, 0.1) is 24.2 Å². The number of β-amino-alcohol motifs (C(OH)–C–C–N with tert-alkyl or cyclic N) is 1. The average molecular weight is 504 g/mol. The standard InChI is InChI=1S/C20H24BrClN2O4S/c21-17-5-7-19(8-6-17)29(26,27)24-11-9-23(10-12-24)13-18(25)15-28-14-16-3-1-2-4-20(16)22/h1-8,18,25H,9-15H2/t18-/m1/s1. The van der Waals surface area contributed by atoms with Crippen LogP contribution in [-0.2, 0) is 21.4 Å². The van der Waals surface area contributed by atoms with Gasteiger partial charge in [-0.2, -0.15) is 4.31 Å². The summed E-state index contributed by atoms with van der Waals surface area (Å²) >= 11 is 9.41. The SMILES string of the molecule is O=S(=O)(c1ccc(Br)cc1)N1CCN(C[C@@H](O)COCc2ccccc2Cl)CC1. The fourth-order valence-corrected chi connectivity index (χ4v) is 5.06. The van der Waals surface area contributed by atoms with E-state index in [4.69, 9.17) is 16.3 Å². The second kappa shape index (κ2) is 10.3. The third-order valence-corrected chi connectivity index (χ3v) is 7.59. The Hall–Kier alpha value is -1.00. The number of ether oxygens (including phenoxy) is 1. The Kier molecular flexibility index (Phi) is 8.09. The van der Waals surface area contributed by atoms with Crippen molar-refractivity contribution in [2.45, 2.75) is 17.6 Å². The molecule has 29 heavy (non-hydrogen) atoms. The predicted molar refractivity (Wildman–Crippen MR) is 116 cm³/mol. The summed E-state index contributed by atoms with van der Waals surface area (Å²) in [5, 5.41) is 10.9. The van der Waals surface area contributed by atoms with E-state index < -0.39 is 16.1 Å². The lowest BCUT2D eigenvalue weighted by Crippen LogP contribution is -2.50. The summed E-state index contributed by atoms with van der Waals surface area (Å²) in [5.74, 6) is 0. The van der Waals surface area contributed by atoms with Gasteiger partial charge in [0, 0.05) is 42.2 Å². The van der Waals surface area contributed by atoms with Crippen LogP contribution in [0.2, 0.25) is 5.02 Å². The molecule has 0 saturated carbocycles. The number of halogens is 2. The zero-order valence-corrected chi connectivity index (χ0v) is 19.0. The van der Waals surface area contributed by atoms with Gasteiger partial charge in [-0.05, 0) is 35.9 Å². The van der Waals surface area contributed by atoms with Gasteiger partial charge in [0.15, 0.2) is 0 Å². The molecule has 1 N–H and O–H groups in total. The Balaban J connectivity index is 1.43. The number of aliphatic hydroxyl groups is 1. The van der Waals surface area contributed by atoms with Crippen LogP contribution >= 0.6 is 27.5 Å². The zero-order chi connectivity index (χ0) is 20.9. The van der Waals surface area contributed by atoms with Crippen molar-refractivity contribution in [1.82, 2.24) is 9.21 Å². The molecule has 158 valence electrons. The van der Waals surface area contributed by atoms with Crippen molar-refractivity contribution in [3.8, 4) is 0 Å². The molecule has 1 atom stereocenters. The highest BCUT2D eigenvalue weighted by Gasteiger charge is 2.29. The smallest absolute Gasteiger partial charge is 0.243 e. The van der Waals surface area contributed by atoms with Gasteiger partial charge in [0.2, 0.25) is 10.0 Å². The molecule has 2 aromatic carbocycles. The van der Waals surface area contributed by atoms with Crippen LogP contribution in [-0.4, -0.2) is 68.2 Å². The van der Waals surface area contributed by atoms with E-state index >= 15 is 0 Å². The summed E-state index contributed by atoms with van der Waals surface area (Å²) in [4.78, 5) is 2.35. The van der Waals surface area contributed by atoms with Gasteiger partial charge in [-0.25, -0.2) is 8.42 Å². The van der Waals surface area contributed by atoms with E-state index in [9.17, 15) is 13.5 Å². The highest BCUT2D eigenvalue weighted by atomic mass is 79.9. The van der Waals surface area contributed by atoms with E-state index in [-0.39, 0.29) is 6.61 Å². The lowest BCUT2D eigenvalue weighted by atomic mass is 10.2. The number of sulfonamides is 1. The summed E-state index contributed by atoms with van der Waals surface area (Å²) in [6, 6.07) is 14.1. The van der Waals surface area contributed by atoms with Gasteiger partial charge >= 0.3 is 0 Å². The van der Waals surface area contributed by atoms with Crippen molar-refractivity contribution in [3.05, 3.63) is 63.6 Å². The topological polar surface area (TPSA) is 70.1 Å². The summed E-state index contributed by atoms with van der Waals surface area (Å²) in [6.45, 7) is 2.90. The second-order valence-corrected chi connectivity index (χ2v) is 10.2. The van der Waals surface area contributed by atoms with Crippen LogP contribution in [0.25, 0.3) is 0 Å². The molecule has 1 fully saturated rings. The number of piperazine rings is 1. The molecule has 3 rings (SSSR count). The number of aliphatic hydroxyl groups excluding tert-OH is 1. The molecule has 2 aromatic rings.